The van der Waals surface area contributed by atoms with Gasteiger partial charge >= 0.3 is 0 Å². The summed E-state index contributed by atoms with van der Waals surface area (Å²) in [6, 6.07) is 7.43. The summed E-state index contributed by atoms with van der Waals surface area (Å²) >= 11 is 0. The van der Waals surface area contributed by atoms with Gasteiger partial charge in [0.05, 0.1) is 19.0 Å². The third-order valence-corrected chi connectivity index (χ3v) is 3.72. The minimum atomic E-state index is -0.294. The van der Waals surface area contributed by atoms with E-state index >= 15 is 0 Å². The number of carbonyl (C=O) groups is 1. The van der Waals surface area contributed by atoms with E-state index in [1.54, 1.807) is 13.3 Å². The van der Waals surface area contributed by atoms with Gasteiger partial charge in [0.15, 0.2) is 11.5 Å². The SMILES string of the molecule is COc1ccc(-c2cnc3c(-c4ncn[nH]4)nc(NC(C)=O)nc3n2)cc1. The molecule has 0 radical (unpaired) electrons. The van der Waals surface area contributed by atoms with Crippen LogP contribution in [-0.2, 0) is 4.79 Å². The van der Waals surface area contributed by atoms with Gasteiger partial charge in [-0.1, -0.05) is 0 Å². The van der Waals surface area contributed by atoms with Crippen molar-refractivity contribution in [2.75, 3.05) is 12.4 Å². The first-order valence-electron chi connectivity index (χ1n) is 7.96. The molecule has 0 aliphatic carbocycles. The van der Waals surface area contributed by atoms with Crippen LogP contribution in [0.1, 0.15) is 6.92 Å². The van der Waals surface area contributed by atoms with Crippen LogP contribution >= 0.6 is 0 Å². The van der Waals surface area contributed by atoms with Gasteiger partial charge in [-0.3, -0.25) is 15.2 Å². The van der Waals surface area contributed by atoms with Crippen molar-refractivity contribution in [3.05, 3.63) is 36.8 Å². The fraction of sp³-hybridized carbons (Fsp3) is 0.118. The molecule has 0 aliphatic heterocycles. The molecule has 1 aromatic carbocycles. The van der Waals surface area contributed by atoms with Crippen LogP contribution in [0.4, 0.5) is 5.95 Å². The van der Waals surface area contributed by atoms with E-state index in [0.29, 0.717) is 28.4 Å². The first kappa shape index (κ1) is 16.5. The molecule has 0 spiro atoms. The van der Waals surface area contributed by atoms with E-state index in [9.17, 15) is 4.79 Å². The van der Waals surface area contributed by atoms with Crippen LogP contribution in [0, 0.1) is 0 Å². The monoisotopic (exact) mass is 362 g/mol. The highest BCUT2D eigenvalue weighted by molar-refractivity contribution is 5.91. The van der Waals surface area contributed by atoms with E-state index in [4.69, 9.17) is 4.74 Å². The summed E-state index contributed by atoms with van der Waals surface area (Å²) in [5, 5.41) is 9.14. The average Bonchev–Trinajstić information content (AvgIpc) is 3.21. The number of rotatable bonds is 4. The molecule has 0 saturated carbocycles. The lowest BCUT2D eigenvalue weighted by molar-refractivity contribution is -0.114. The summed E-state index contributed by atoms with van der Waals surface area (Å²) < 4.78 is 5.17. The predicted octanol–water partition coefficient (Wildman–Crippen LogP) is 1.84. The average molecular weight is 362 g/mol. The van der Waals surface area contributed by atoms with E-state index < -0.39 is 0 Å². The van der Waals surface area contributed by atoms with Crippen molar-refractivity contribution in [3.8, 4) is 28.5 Å². The van der Waals surface area contributed by atoms with Crippen LogP contribution in [0.25, 0.3) is 33.9 Å². The molecule has 0 saturated heterocycles. The molecule has 0 fully saturated rings. The van der Waals surface area contributed by atoms with Crippen LogP contribution < -0.4 is 10.1 Å². The van der Waals surface area contributed by atoms with Crippen molar-refractivity contribution in [3.63, 3.8) is 0 Å². The molecule has 2 N–H and O–H groups in total. The molecule has 0 unspecified atom stereocenters. The number of hydrogen-bond acceptors (Lipinski definition) is 8. The predicted molar refractivity (Wildman–Crippen MR) is 96.8 cm³/mol. The molecule has 1 amide bonds. The van der Waals surface area contributed by atoms with Crippen molar-refractivity contribution in [2.24, 2.45) is 0 Å². The third kappa shape index (κ3) is 3.27. The number of H-pyrrole nitrogens is 1. The molecule has 27 heavy (non-hydrogen) atoms. The highest BCUT2D eigenvalue weighted by Gasteiger charge is 2.16. The number of hydrogen-bond donors (Lipinski definition) is 2. The number of nitrogens with one attached hydrogen (secondary N) is 2. The van der Waals surface area contributed by atoms with E-state index in [2.05, 4.69) is 40.4 Å². The van der Waals surface area contributed by atoms with Gasteiger partial charge in [-0.05, 0) is 24.3 Å². The Morgan fingerprint density at radius 1 is 1.11 bits per heavy atom. The largest absolute Gasteiger partial charge is 0.497 e. The Labute approximate surface area is 153 Å². The number of ether oxygens (including phenoxy) is 1. The van der Waals surface area contributed by atoms with E-state index in [1.807, 2.05) is 24.3 Å². The van der Waals surface area contributed by atoms with Gasteiger partial charge in [-0.15, -0.1) is 0 Å². The van der Waals surface area contributed by atoms with Gasteiger partial charge < -0.3 is 4.74 Å². The van der Waals surface area contributed by atoms with Gasteiger partial charge in [-0.2, -0.15) is 10.1 Å². The molecule has 0 aliphatic rings. The quantitative estimate of drug-likeness (QED) is 0.562. The second-order valence-corrected chi connectivity index (χ2v) is 5.57. The van der Waals surface area contributed by atoms with Crippen LogP contribution in [0.15, 0.2) is 36.8 Å². The van der Waals surface area contributed by atoms with Crippen molar-refractivity contribution in [2.45, 2.75) is 6.92 Å². The molecular formula is C17H14N8O2. The van der Waals surface area contributed by atoms with Crippen LogP contribution in [0.2, 0.25) is 0 Å². The summed E-state index contributed by atoms with van der Waals surface area (Å²) in [6.07, 6.45) is 2.99. The maximum Gasteiger partial charge on any atom is 0.232 e. The Balaban J connectivity index is 1.87. The van der Waals surface area contributed by atoms with Crippen molar-refractivity contribution < 1.29 is 9.53 Å². The number of aromatic amines is 1. The standard InChI is InChI=1S/C17H14N8O2/c1-9(26)21-17-23-14(15-19-8-20-25-15)13-16(24-17)22-12(7-18-13)10-3-5-11(27-2)6-4-10/h3-8H,1-2H3,(H,19,20,25)(H,21,22,23,24,26). The van der Waals surface area contributed by atoms with Crippen molar-refractivity contribution in [1.82, 2.24) is 35.1 Å². The molecule has 134 valence electrons. The number of carbonyl (C=O) groups excluding carboxylic acids is 1. The zero-order valence-corrected chi connectivity index (χ0v) is 14.5. The molecule has 0 bridgehead atoms. The number of methoxy groups -OCH3 is 1. The van der Waals surface area contributed by atoms with E-state index in [0.717, 1.165) is 11.3 Å². The fourth-order valence-corrected chi connectivity index (χ4v) is 2.51. The Morgan fingerprint density at radius 3 is 2.59 bits per heavy atom. The lowest BCUT2D eigenvalue weighted by Crippen LogP contribution is -2.11. The Hall–Kier alpha value is -3.95. The summed E-state index contributed by atoms with van der Waals surface area (Å²) in [7, 11) is 1.61. The Bertz CT molecular complexity index is 1110. The molecule has 3 heterocycles. The maximum absolute atomic E-state index is 11.4. The number of nitrogens with zero attached hydrogens (tertiary/aromatic N) is 6. The highest BCUT2D eigenvalue weighted by atomic mass is 16.5. The number of fused-ring (bicyclic) bond motifs is 1. The second-order valence-electron chi connectivity index (χ2n) is 5.57. The van der Waals surface area contributed by atoms with Crippen LogP contribution in [-0.4, -0.2) is 48.1 Å². The zero-order valence-electron chi connectivity index (χ0n) is 14.5. The summed E-state index contributed by atoms with van der Waals surface area (Å²) in [4.78, 5) is 33.2. The van der Waals surface area contributed by atoms with Gasteiger partial charge in [-0.25, -0.2) is 19.9 Å². The summed E-state index contributed by atoms with van der Waals surface area (Å²) in [5.41, 5.74) is 2.65. The number of benzene rings is 1. The van der Waals surface area contributed by atoms with Crippen molar-refractivity contribution >= 4 is 23.0 Å². The molecule has 10 nitrogen and oxygen atoms in total. The maximum atomic E-state index is 11.4. The smallest absolute Gasteiger partial charge is 0.232 e. The van der Waals surface area contributed by atoms with Gasteiger partial charge in [0.25, 0.3) is 0 Å². The molecule has 10 heteroatoms. The molecule has 0 atom stereocenters. The first-order chi connectivity index (χ1) is 13.1. The molecule has 3 aromatic heterocycles. The number of anilines is 1. The topological polar surface area (TPSA) is 131 Å². The molecule has 4 rings (SSSR count). The molecule has 4 aromatic rings. The van der Waals surface area contributed by atoms with Crippen molar-refractivity contribution in [1.29, 1.82) is 0 Å². The fourth-order valence-electron chi connectivity index (χ4n) is 2.51. The van der Waals surface area contributed by atoms with E-state index in [1.165, 1.54) is 13.3 Å². The third-order valence-electron chi connectivity index (χ3n) is 3.72. The second kappa shape index (κ2) is 6.75. The van der Waals surface area contributed by atoms with Gasteiger partial charge in [0, 0.05) is 12.5 Å². The Morgan fingerprint density at radius 2 is 1.93 bits per heavy atom. The summed E-state index contributed by atoms with van der Waals surface area (Å²) in [5.74, 6) is 0.968. The number of aromatic nitrogens is 7. The van der Waals surface area contributed by atoms with Gasteiger partial charge in [0.1, 0.15) is 23.3 Å². The van der Waals surface area contributed by atoms with Gasteiger partial charge in [0.2, 0.25) is 11.9 Å². The normalized spacial score (nSPS) is 10.7. The Kier molecular flexibility index (Phi) is 4.13. The number of amides is 1. The lowest BCUT2D eigenvalue weighted by Gasteiger charge is -2.08. The highest BCUT2D eigenvalue weighted by Crippen LogP contribution is 2.25. The van der Waals surface area contributed by atoms with Crippen LogP contribution in [0.5, 0.6) is 5.75 Å². The minimum Gasteiger partial charge on any atom is -0.497 e. The lowest BCUT2D eigenvalue weighted by atomic mass is 10.1. The zero-order chi connectivity index (χ0) is 18.8. The minimum absolute atomic E-state index is 0.114. The summed E-state index contributed by atoms with van der Waals surface area (Å²) in [6.45, 7) is 1.38. The first-order valence-corrected chi connectivity index (χ1v) is 7.96. The van der Waals surface area contributed by atoms with Crippen LogP contribution in [0.3, 0.4) is 0 Å². The molecular weight excluding hydrogens is 348 g/mol. The van der Waals surface area contributed by atoms with E-state index in [-0.39, 0.29) is 11.9 Å².